The van der Waals surface area contributed by atoms with Crippen LogP contribution in [-0.2, 0) is 4.79 Å². The number of nitrogens with zero attached hydrogens (tertiary/aromatic N) is 1. The second-order valence-corrected chi connectivity index (χ2v) is 4.38. The maximum atomic E-state index is 12.0. The summed E-state index contributed by atoms with van der Waals surface area (Å²) >= 11 is 0. The van der Waals surface area contributed by atoms with Crippen LogP contribution >= 0.6 is 0 Å². The molecule has 0 saturated heterocycles. The van der Waals surface area contributed by atoms with E-state index in [0.29, 0.717) is 18.5 Å². The quantitative estimate of drug-likeness (QED) is 0.264. The van der Waals surface area contributed by atoms with Crippen LogP contribution in [0.25, 0.3) is 0 Å². The Morgan fingerprint density at radius 3 is 2.78 bits per heavy atom. The molecule has 0 aliphatic rings. The molecule has 0 saturated carbocycles. The molecular weight excluding hydrogens is 228 g/mol. The molecule has 1 amide bonds. The third kappa shape index (κ3) is 4.67. The molecule has 4 heteroatoms. The number of amides is 1. The maximum absolute atomic E-state index is 12.0. The van der Waals surface area contributed by atoms with Crippen molar-refractivity contribution in [2.24, 2.45) is 5.84 Å². The number of hydrogen-bond acceptors (Lipinski definition) is 3. The molecule has 0 unspecified atom stereocenters. The smallest absolute Gasteiger partial charge is 0.267 e. The zero-order valence-corrected chi connectivity index (χ0v) is 10.8. The van der Waals surface area contributed by atoms with E-state index in [1.54, 1.807) is 6.07 Å². The Bertz CT molecular complexity index is 405. The van der Waals surface area contributed by atoms with Crippen LogP contribution < -0.4 is 5.84 Å². The molecule has 0 atom stereocenters. The van der Waals surface area contributed by atoms with Crippen molar-refractivity contribution in [2.45, 2.75) is 32.6 Å². The van der Waals surface area contributed by atoms with Crippen LogP contribution in [0.15, 0.2) is 24.3 Å². The van der Waals surface area contributed by atoms with Gasteiger partial charge in [-0.1, -0.05) is 24.1 Å². The molecule has 2 N–H and O–H groups in total. The number of unbranched alkanes of at least 4 members (excludes halogenated alkanes) is 3. The van der Waals surface area contributed by atoms with E-state index in [0.717, 1.165) is 31.1 Å². The highest BCUT2D eigenvalue weighted by atomic mass is 16.2. The minimum atomic E-state index is -0.158. The van der Waals surface area contributed by atoms with Crippen molar-refractivity contribution < 1.29 is 9.59 Å². The monoisotopic (exact) mass is 248 g/mol. The first kappa shape index (κ1) is 14.4. The summed E-state index contributed by atoms with van der Waals surface area (Å²) in [5, 5.41) is 1.25. The van der Waals surface area contributed by atoms with Gasteiger partial charge in [-0.05, 0) is 31.9 Å². The number of carbonyl (C=O) groups excluding carboxylic acids is 2. The maximum Gasteiger partial charge on any atom is 0.267 e. The number of aldehydes is 1. The van der Waals surface area contributed by atoms with E-state index in [2.05, 4.69) is 0 Å². The molecule has 0 heterocycles. The van der Waals surface area contributed by atoms with Gasteiger partial charge in [0.1, 0.15) is 6.29 Å². The summed E-state index contributed by atoms with van der Waals surface area (Å²) in [5.74, 6) is 5.57. The Morgan fingerprint density at radius 1 is 1.33 bits per heavy atom. The number of benzene rings is 1. The first-order valence-electron chi connectivity index (χ1n) is 6.22. The number of nitrogens with two attached hydrogens (primary N) is 1. The molecule has 0 aromatic heterocycles. The minimum absolute atomic E-state index is 0.158. The Morgan fingerprint density at radius 2 is 2.11 bits per heavy atom. The van der Waals surface area contributed by atoms with E-state index in [1.807, 2.05) is 25.1 Å². The van der Waals surface area contributed by atoms with E-state index in [1.165, 1.54) is 5.01 Å². The van der Waals surface area contributed by atoms with E-state index in [9.17, 15) is 9.59 Å². The average molecular weight is 248 g/mol. The van der Waals surface area contributed by atoms with Crippen LogP contribution in [0.3, 0.4) is 0 Å². The number of hydrogen-bond donors (Lipinski definition) is 1. The van der Waals surface area contributed by atoms with Crippen molar-refractivity contribution >= 4 is 12.2 Å². The lowest BCUT2D eigenvalue weighted by Crippen LogP contribution is -2.38. The molecule has 0 fully saturated rings. The third-order valence-electron chi connectivity index (χ3n) is 2.75. The van der Waals surface area contributed by atoms with Crippen molar-refractivity contribution in [3.8, 4) is 0 Å². The van der Waals surface area contributed by atoms with E-state index in [4.69, 9.17) is 5.84 Å². The fourth-order valence-corrected chi connectivity index (χ4v) is 1.73. The molecule has 4 nitrogen and oxygen atoms in total. The van der Waals surface area contributed by atoms with Gasteiger partial charge >= 0.3 is 0 Å². The summed E-state index contributed by atoms with van der Waals surface area (Å²) < 4.78 is 0. The van der Waals surface area contributed by atoms with Gasteiger partial charge in [-0.15, -0.1) is 0 Å². The van der Waals surface area contributed by atoms with Crippen LogP contribution in [0, 0.1) is 6.92 Å². The van der Waals surface area contributed by atoms with Gasteiger partial charge in [-0.25, -0.2) is 5.84 Å². The molecule has 0 bridgehead atoms. The Balaban J connectivity index is 2.39. The topological polar surface area (TPSA) is 63.4 Å². The van der Waals surface area contributed by atoms with Crippen molar-refractivity contribution in [1.29, 1.82) is 0 Å². The zero-order valence-electron chi connectivity index (χ0n) is 10.8. The van der Waals surface area contributed by atoms with Crippen LogP contribution in [0.2, 0.25) is 0 Å². The predicted octanol–water partition coefficient (Wildman–Crippen LogP) is 2.07. The lowest BCUT2D eigenvalue weighted by atomic mass is 10.1. The molecular formula is C14H20N2O2. The fourth-order valence-electron chi connectivity index (χ4n) is 1.73. The van der Waals surface area contributed by atoms with Crippen molar-refractivity contribution in [3.05, 3.63) is 35.4 Å². The zero-order chi connectivity index (χ0) is 13.4. The first-order valence-corrected chi connectivity index (χ1v) is 6.22. The van der Waals surface area contributed by atoms with E-state index in [-0.39, 0.29) is 5.91 Å². The van der Waals surface area contributed by atoms with Gasteiger partial charge in [-0.2, -0.15) is 0 Å². The molecule has 0 aliphatic heterocycles. The number of hydrazine groups is 1. The van der Waals surface area contributed by atoms with Crippen molar-refractivity contribution in [1.82, 2.24) is 5.01 Å². The summed E-state index contributed by atoms with van der Waals surface area (Å²) in [6, 6.07) is 7.38. The van der Waals surface area contributed by atoms with Crippen LogP contribution in [0.1, 0.15) is 41.6 Å². The SMILES string of the molecule is Cc1cccc(C(=O)N(N)CCCCCC=O)c1. The fraction of sp³-hybridized carbons (Fsp3) is 0.429. The number of rotatable bonds is 7. The summed E-state index contributed by atoms with van der Waals surface area (Å²) in [7, 11) is 0. The molecule has 1 aromatic rings. The lowest BCUT2D eigenvalue weighted by molar-refractivity contribution is -0.107. The molecule has 18 heavy (non-hydrogen) atoms. The second-order valence-electron chi connectivity index (χ2n) is 4.38. The van der Waals surface area contributed by atoms with Crippen molar-refractivity contribution in [3.63, 3.8) is 0 Å². The van der Waals surface area contributed by atoms with Crippen LogP contribution in [-0.4, -0.2) is 23.7 Å². The molecule has 1 rings (SSSR count). The highest BCUT2D eigenvalue weighted by molar-refractivity contribution is 5.93. The molecule has 0 radical (unpaired) electrons. The van der Waals surface area contributed by atoms with Gasteiger partial charge in [0.25, 0.3) is 5.91 Å². The van der Waals surface area contributed by atoms with E-state index < -0.39 is 0 Å². The third-order valence-corrected chi connectivity index (χ3v) is 2.75. The second kappa shape index (κ2) is 7.61. The first-order chi connectivity index (χ1) is 8.65. The average Bonchev–Trinajstić information content (AvgIpc) is 2.37. The molecule has 1 aromatic carbocycles. The highest BCUT2D eigenvalue weighted by Crippen LogP contribution is 2.07. The lowest BCUT2D eigenvalue weighted by Gasteiger charge is -2.16. The van der Waals surface area contributed by atoms with Gasteiger partial charge < -0.3 is 4.79 Å². The van der Waals surface area contributed by atoms with Crippen molar-refractivity contribution in [2.75, 3.05) is 6.54 Å². The normalized spacial score (nSPS) is 10.1. The Hall–Kier alpha value is -1.68. The van der Waals surface area contributed by atoms with Crippen LogP contribution in [0.5, 0.6) is 0 Å². The molecule has 0 aliphatic carbocycles. The van der Waals surface area contributed by atoms with Gasteiger partial charge in [0.2, 0.25) is 0 Å². The van der Waals surface area contributed by atoms with Gasteiger partial charge in [0.05, 0.1) is 0 Å². The minimum Gasteiger partial charge on any atom is -0.303 e. The summed E-state index contributed by atoms with van der Waals surface area (Å²) in [6.07, 6.45) is 4.08. The number of carbonyl (C=O) groups is 2. The Kier molecular flexibility index (Phi) is 6.08. The van der Waals surface area contributed by atoms with Gasteiger partial charge in [-0.3, -0.25) is 9.80 Å². The standard InChI is InChI=1S/C14H20N2O2/c1-12-7-6-8-13(11-12)14(18)16(15)9-4-2-3-5-10-17/h6-8,10-11H,2-5,9,15H2,1H3. The van der Waals surface area contributed by atoms with E-state index >= 15 is 0 Å². The van der Waals surface area contributed by atoms with Gasteiger partial charge in [0.15, 0.2) is 0 Å². The van der Waals surface area contributed by atoms with Gasteiger partial charge in [0, 0.05) is 18.5 Å². The summed E-state index contributed by atoms with van der Waals surface area (Å²) in [5.41, 5.74) is 1.66. The summed E-state index contributed by atoms with van der Waals surface area (Å²) in [4.78, 5) is 22.1. The number of aryl methyl sites for hydroxylation is 1. The highest BCUT2D eigenvalue weighted by Gasteiger charge is 2.11. The molecule has 98 valence electrons. The largest absolute Gasteiger partial charge is 0.303 e. The predicted molar refractivity (Wildman–Crippen MR) is 70.9 cm³/mol. The summed E-state index contributed by atoms with van der Waals surface area (Å²) in [6.45, 7) is 2.46. The molecule has 0 spiro atoms. The van der Waals surface area contributed by atoms with Crippen LogP contribution in [0.4, 0.5) is 0 Å². The Labute approximate surface area is 108 Å².